The molecule has 4 aromatic rings. The van der Waals surface area contributed by atoms with Gasteiger partial charge in [-0.15, -0.1) is 0 Å². The Morgan fingerprint density at radius 2 is 1.04 bits per heavy atom. The molecule has 0 saturated heterocycles. The van der Waals surface area contributed by atoms with Crippen molar-refractivity contribution in [2.45, 2.75) is 6.16 Å². The van der Waals surface area contributed by atoms with E-state index in [4.69, 9.17) is 0 Å². The zero-order chi connectivity index (χ0) is 19.5. The Bertz CT molecular complexity index is 953. The van der Waals surface area contributed by atoms with Gasteiger partial charge in [-0.2, -0.15) is 0 Å². The van der Waals surface area contributed by atoms with E-state index in [-0.39, 0.29) is 0 Å². The van der Waals surface area contributed by atoms with Gasteiger partial charge in [-0.1, -0.05) is 0 Å². The molecule has 0 radical (unpaired) electrons. The van der Waals surface area contributed by atoms with Gasteiger partial charge < -0.3 is 0 Å². The number of pyridine rings is 1. The Morgan fingerprint density at radius 1 is 0.607 bits per heavy atom. The molecule has 0 fully saturated rings. The maximum absolute atomic E-state index is 4.49. The van der Waals surface area contributed by atoms with Crippen LogP contribution < -0.4 is 15.9 Å². The van der Waals surface area contributed by atoms with Crippen LogP contribution >= 0.6 is 36.7 Å². The molecule has 4 rings (SSSR count). The van der Waals surface area contributed by atoms with Crippen LogP contribution in [0, 0.1) is 0 Å². The Labute approximate surface area is 182 Å². The van der Waals surface area contributed by atoms with E-state index >= 15 is 0 Å². The predicted octanol–water partition coefficient (Wildman–Crippen LogP) is 6.18. The molecule has 0 saturated carbocycles. The third-order valence-corrected chi connectivity index (χ3v) is 15.1. The average Bonchev–Trinajstić information content (AvgIpc) is 2.77. The molecule has 0 amide bonds. The minimum absolute atomic E-state index is 0.851. The Balaban J connectivity index is 2.07. The van der Waals surface area contributed by atoms with E-state index in [1.165, 1.54) is 21.5 Å². The number of hydrogen-bond donors (Lipinski definition) is 0. The van der Waals surface area contributed by atoms with Crippen LogP contribution in [0.4, 0.5) is 0 Å². The van der Waals surface area contributed by atoms with Gasteiger partial charge in [-0.3, -0.25) is 0 Å². The summed E-state index contributed by atoms with van der Waals surface area (Å²) in [5, 5.41) is 1.00. The molecule has 0 aliphatic carbocycles. The summed E-state index contributed by atoms with van der Waals surface area (Å²) >= 11 is 7.92. The summed E-state index contributed by atoms with van der Waals surface area (Å²) in [7, 11) is 0. The zero-order valence-corrected chi connectivity index (χ0v) is 19.3. The first kappa shape index (κ1) is 19.5. The third-order valence-electron chi connectivity index (χ3n) is 5.15. The number of benzene rings is 3. The molecule has 0 unspecified atom stereocenters. The summed E-state index contributed by atoms with van der Waals surface area (Å²) < 4.78 is 0.852. The van der Waals surface area contributed by atoms with E-state index in [1.807, 2.05) is 12.3 Å². The molecule has 0 aliphatic heterocycles. The topological polar surface area (TPSA) is 12.9 Å². The number of nitrogens with zero attached hydrogens (tertiary/aromatic N) is 1. The molecule has 1 aromatic heterocycles. The minimum atomic E-state index is -2.94. The fraction of sp³-hybridized carbons (Fsp3) is 0.0417. The van der Waals surface area contributed by atoms with Crippen LogP contribution in [0.15, 0.2) is 114 Å². The summed E-state index contributed by atoms with van der Waals surface area (Å²) in [6.07, 6.45) is 2.82. The quantitative estimate of drug-likeness (QED) is 0.230. The van der Waals surface area contributed by atoms with Gasteiger partial charge in [0.1, 0.15) is 0 Å². The van der Waals surface area contributed by atoms with Gasteiger partial charge in [0, 0.05) is 0 Å². The molecular weight excluding hydrogens is 493 g/mol. The Kier molecular flexibility index (Phi) is 5.51. The third kappa shape index (κ3) is 3.37. The number of rotatable bonds is 5. The van der Waals surface area contributed by atoms with Crippen molar-refractivity contribution in [2.75, 3.05) is 0 Å². The van der Waals surface area contributed by atoms with Gasteiger partial charge in [-0.25, -0.2) is 0 Å². The van der Waals surface area contributed by atoms with Crippen molar-refractivity contribution in [3.63, 3.8) is 0 Å². The predicted molar refractivity (Wildman–Crippen MR) is 130 cm³/mol. The van der Waals surface area contributed by atoms with Crippen molar-refractivity contribution >= 4 is 52.6 Å². The molecule has 28 heavy (non-hydrogen) atoms. The molecule has 140 valence electrons. The standard InChI is InChI=1S/C24H20Br2NP/c25-24-17-16-20(18-27-24)19-28(26,21-10-4-1-5-11-21,22-12-6-2-7-13-22)23-14-8-3-9-15-23/h1-18H,19H2. The summed E-state index contributed by atoms with van der Waals surface area (Å²) in [5.41, 5.74) is 1.20. The van der Waals surface area contributed by atoms with E-state index in [0.29, 0.717) is 0 Å². The second-order valence-electron chi connectivity index (χ2n) is 6.84. The molecule has 1 heterocycles. The van der Waals surface area contributed by atoms with E-state index in [9.17, 15) is 0 Å². The summed E-state index contributed by atoms with van der Waals surface area (Å²) in [6, 6.07) is 36.7. The van der Waals surface area contributed by atoms with Gasteiger partial charge in [-0.05, 0) is 0 Å². The van der Waals surface area contributed by atoms with Crippen LogP contribution in [0.3, 0.4) is 0 Å². The molecule has 0 spiro atoms. The Hall–Kier alpha value is -1.80. The van der Waals surface area contributed by atoms with Crippen LogP contribution in [0.2, 0.25) is 0 Å². The molecule has 0 atom stereocenters. The number of halogens is 2. The molecule has 4 heteroatoms. The molecule has 3 aromatic carbocycles. The SMILES string of the molecule is Brc1ccc(CP(Br)(c2ccccc2)(c2ccccc2)c2ccccc2)cn1. The molecule has 1 nitrogen and oxygen atoms in total. The van der Waals surface area contributed by atoms with Gasteiger partial charge in [0.25, 0.3) is 0 Å². The Morgan fingerprint density at radius 3 is 1.39 bits per heavy atom. The van der Waals surface area contributed by atoms with Gasteiger partial charge in [0.2, 0.25) is 0 Å². The van der Waals surface area contributed by atoms with Gasteiger partial charge in [0.15, 0.2) is 0 Å². The van der Waals surface area contributed by atoms with Crippen molar-refractivity contribution in [1.82, 2.24) is 4.98 Å². The summed E-state index contributed by atoms with van der Waals surface area (Å²) in [6.45, 7) is 0. The normalized spacial score (nSPS) is 12.9. The van der Waals surface area contributed by atoms with Crippen molar-refractivity contribution in [2.24, 2.45) is 0 Å². The van der Waals surface area contributed by atoms with E-state index in [0.717, 1.165) is 10.8 Å². The zero-order valence-electron chi connectivity index (χ0n) is 15.2. The van der Waals surface area contributed by atoms with Gasteiger partial charge >= 0.3 is 183 Å². The van der Waals surface area contributed by atoms with Crippen molar-refractivity contribution < 1.29 is 0 Å². The van der Waals surface area contributed by atoms with E-state index in [1.54, 1.807) is 0 Å². The first-order valence-electron chi connectivity index (χ1n) is 9.11. The number of aromatic nitrogens is 1. The number of hydrogen-bond acceptors (Lipinski definition) is 1. The van der Waals surface area contributed by atoms with Crippen LogP contribution in [-0.4, -0.2) is 4.98 Å². The molecular formula is C24H20Br2NP. The maximum atomic E-state index is 4.49. The van der Waals surface area contributed by atoms with Gasteiger partial charge in [0.05, 0.1) is 0 Å². The molecule has 0 N–H and O–H groups in total. The van der Waals surface area contributed by atoms with Crippen LogP contribution in [0.1, 0.15) is 5.56 Å². The first-order valence-corrected chi connectivity index (χ1v) is 14.3. The fourth-order valence-corrected chi connectivity index (χ4v) is 11.7. The van der Waals surface area contributed by atoms with Crippen molar-refractivity contribution in [1.29, 1.82) is 0 Å². The summed E-state index contributed by atoms with van der Waals surface area (Å²) in [4.78, 5) is 4.49. The van der Waals surface area contributed by atoms with Crippen LogP contribution in [0.25, 0.3) is 0 Å². The second-order valence-corrected chi connectivity index (χ2v) is 16.6. The molecule has 0 aliphatic rings. The van der Waals surface area contributed by atoms with Crippen LogP contribution in [0.5, 0.6) is 0 Å². The van der Waals surface area contributed by atoms with Crippen LogP contribution in [-0.2, 0) is 6.16 Å². The summed E-state index contributed by atoms with van der Waals surface area (Å²) in [5.74, 6) is 0. The van der Waals surface area contributed by atoms with Crippen molar-refractivity contribution in [3.8, 4) is 0 Å². The first-order chi connectivity index (χ1) is 13.6. The fourth-order valence-electron chi connectivity index (χ4n) is 3.78. The average molecular weight is 513 g/mol. The van der Waals surface area contributed by atoms with Crippen molar-refractivity contribution in [3.05, 3.63) is 119 Å². The molecule has 0 bridgehead atoms. The monoisotopic (exact) mass is 511 g/mol. The van der Waals surface area contributed by atoms with E-state index < -0.39 is 5.31 Å². The second kappa shape index (κ2) is 7.91. The van der Waals surface area contributed by atoms with E-state index in [2.05, 4.69) is 133 Å².